The van der Waals surface area contributed by atoms with Gasteiger partial charge in [0, 0.05) is 31.5 Å². The van der Waals surface area contributed by atoms with Crippen molar-refractivity contribution >= 4 is 35.0 Å². The molecule has 2 fully saturated rings. The summed E-state index contributed by atoms with van der Waals surface area (Å²) in [4.78, 5) is 58.2. The number of rotatable bonds is 18. The van der Waals surface area contributed by atoms with Crippen LogP contribution >= 0.6 is 11.3 Å². The van der Waals surface area contributed by atoms with E-state index in [-0.39, 0.29) is 38.3 Å². The third-order valence-electron chi connectivity index (χ3n) is 9.22. The Balaban J connectivity index is 1.37. The highest BCUT2D eigenvalue weighted by atomic mass is 32.1. The van der Waals surface area contributed by atoms with Crippen LogP contribution in [-0.2, 0) is 30.5 Å². The molecule has 1 aromatic heterocycles. The van der Waals surface area contributed by atoms with Gasteiger partial charge in [0.15, 0.2) is 5.67 Å². The van der Waals surface area contributed by atoms with E-state index in [2.05, 4.69) is 15.6 Å². The van der Waals surface area contributed by atoms with Gasteiger partial charge in [-0.3, -0.25) is 19.2 Å². The number of aliphatic hydroxyl groups is 1. The summed E-state index contributed by atoms with van der Waals surface area (Å²) < 4.78 is 25.8. The number of unbranched alkanes of at least 4 members (excludes halogenated alkanes) is 5. The first-order chi connectivity index (χ1) is 23.7. The largest absolute Gasteiger partial charge is 0.493 e. The van der Waals surface area contributed by atoms with E-state index in [0.717, 1.165) is 60.2 Å². The number of likely N-dealkylation sites (tertiary alicyclic amines) is 1. The number of nitrogens with zero attached hydrogens (tertiary/aromatic N) is 2. The smallest absolute Gasteiger partial charge is 0.305 e. The van der Waals surface area contributed by atoms with Gasteiger partial charge in [0.25, 0.3) is 5.91 Å². The Morgan fingerprint density at radius 3 is 2.46 bits per heavy atom. The molecule has 2 aliphatic rings. The number of esters is 1. The Hall–Kier alpha value is -3.58. The number of β-amino-alcohol motifs (C(OH)–C–C–N with tert-alkyl or cyclic N) is 1. The highest BCUT2D eigenvalue weighted by Crippen LogP contribution is 2.40. The molecule has 1 aliphatic heterocycles. The maximum atomic E-state index is 14.5. The standard InChI is InChI=1S/C37H53FN4O7S/c1-6-48-30(44)13-11-9-7-8-10-12-18-49-29-19-25(31-24(2)40-23-50-31)14-15-26(29)21-39-33(45)28-20-27(43)22-42(28)34(46)32(36(3,4)5)41-35(47)37(38)16-17-37/h14-15,19,23,27-28,32,43H,6-13,16-18,20-22H2,1-5H3,(H,39,45)(H,41,47)/t27-,28+,32-/m1/s1. The summed E-state index contributed by atoms with van der Waals surface area (Å²) in [7, 11) is 0. The number of ether oxygens (including phenoxy) is 2. The predicted molar refractivity (Wildman–Crippen MR) is 189 cm³/mol. The van der Waals surface area contributed by atoms with Crippen molar-refractivity contribution in [3.63, 3.8) is 0 Å². The molecule has 1 saturated carbocycles. The van der Waals surface area contributed by atoms with Gasteiger partial charge in [-0.25, -0.2) is 9.37 Å². The maximum Gasteiger partial charge on any atom is 0.305 e. The Bertz CT molecular complexity index is 1490. The number of hydrogen-bond donors (Lipinski definition) is 3. The number of aryl methyl sites for hydroxylation is 1. The van der Waals surface area contributed by atoms with E-state index in [0.29, 0.717) is 25.4 Å². The molecule has 1 aliphatic carbocycles. The SMILES string of the molecule is CCOC(=O)CCCCCCCCOc1cc(-c2scnc2C)ccc1CNC(=O)[C@@H]1C[C@@H](O)CN1C(=O)[C@@H](NC(=O)C1(F)CC1)C(C)(C)C. The third kappa shape index (κ3) is 10.7. The average molecular weight is 717 g/mol. The van der Waals surface area contributed by atoms with Gasteiger partial charge in [-0.05, 0) is 56.6 Å². The van der Waals surface area contributed by atoms with Crippen LogP contribution in [0.4, 0.5) is 4.39 Å². The van der Waals surface area contributed by atoms with Crippen molar-refractivity contribution in [1.82, 2.24) is 20.5 Å². The number of carbonyl (C=O) groups is 4. The van der Waals surface area contributed by atoms with Crippen molar-refractivity contribution in [2.75, 3.05) is 19.8 Å². The van der Waals surface area contributed by atoms with Gasteiger partial charge in [0.1, 0.15) is 17.8 Å². The zero-order chi connectivity index (χ0) is 36.5. The van der Waals surface area contributed by atoms with E-state index in [1.807, 2.05) is 32.0 Å². The summed E-state index contributed by atoms with van der Waals surface area (Å²) >= 11 is 1.54. The van der Waals surface area contributed by atoms with Gasteiger partial charge in [0.05, 0.1) is 35.4 Å². The number of aromatic nitrogens is 1. The number of nitrogens with one attached hydrogen (secondary N) is 2. The third-order valence-corrected chi connectivity index (χ3v) is 10.2. The molecule has 1 aromatic carbocycles. The minimum atomic E-state index is -1.95. The van der Waals surface area contributed by atoms with Crippen molar-refractivity contribution < 1.29 is 38.1 Å². The fourth-order valence-electron chi connectivity index (χ4n) is 6.07. The van der Waals surface area contributed by atoms with Crippen LogP contribution in [0.25, 0.3) is 10.4 Å². The Morgan fingerprint density at radius 1 is 1.12 bits per heavy atom. The lowest BCUT2D eigenvalue weighted by Crippen LogP contribution is -2.59. The molecule has 1 saturated heterocycles. The fourth-order valence-corrected chi connectivity index (χ4v) is 6.87. The zero-order valence-corrected chi connectivity index (χ0v) is 30.8. The van der Waals surface area contributed by atoms with Crippen LogP contribution in [0.2, 0.25) is 0 Å². The molecule has 0 bridgehead atoms. The lowest BCUT2D eigenvalue weighted by atomic mass is 9.85. The van der Waals surface area contributed by atoms with Crippen LogP contribution in [0, 0.1) is 12.3 Å². The Morgan fingerprint density at radius 2 is 1.82 bits per heavy atom. The van der Waals surface area contributed by atoms with Gasteiger partial charge in [-0.2, -0.15) is 0 Å². The van der Waals surface area contributed by atoms with Crippen LogP contribution in [0.3, 0.4) is 0 Å². The first-order valence-corrected chi connectivity index (χ1v) is 18.7. The van der Waals surface area contributed by atoms with Crippen molar-refractivity contribution in [2.24, 2.45) is 5.41 Å². The summed E-state index contributed by atoms with van der Waals surface area (Å²) in [5.41, 5.74) is 1.72. The maximum absolute atomic E-state index is 14.5. The molecule has 276 valence electrons. The van der Waals surface area contributed by atoms with E-state index in [9.17, 15) is 28.7 Å². The van der Waals surface area contributed by atoms with Crippen LogP contribution in [0.15, 0.2) is 23.7 Å². The summed E-state index contributed by atoms with van der Waals surface area (Å²) in [6, 6.07) is 3.81. The second-order valence-electron chi connectivity index (χ2n) is 14.5. The number of aliphatic hydroxyl groups excluding tert-OH is 1. The summed E-state index contributed by atoms with van der Waals surface area (Å²) in [5.74, 6) is -1.29. The molecule has 0 unspecified atom stereocenters. The van der Waals surface area contributed by atoms with Gasteiger partial charge >= 0.3 is 5.97 Å². The van der Waals surface area contributed by atoms with E-state index in [1.165, 1.54) is 16.2 Å². The second-order valence-corrected chi connectivity index (χ2v) is 15.3. The Kier molecular flexibility index (Phi) is 13.8. The fraction of sp³-hybridized carbons (Fsp3) is 0.649. The van der Waals surface area contributed by atoms with Crippen LogP contribution < -0.4 is 15.4 Å². The molecule has 50 heavy (non-hydrogen) atoms. The van der Waals surface area contributed by atoms with Crippen LogP contribution in [-0.4, -0.2) is 82.3 Å². The van der Waals surface area contributed by atoms with Crippen molar-refractivity contribution in [3.8, 4) is 16.2 Å². The van der Waals surface area contributed by atoms with Crippen molar-refractivity contribution in [2.45, 2.75) is 129 Å². The molecule has 3 amide bonds. The minimum Gasteiger partial charge on any atom is -0.493 e. The molecule has 11 nitrogen and oxygen atoms in total. The number of carbonyl (C=O) groups excluding carboxylic acids is 4. The molecule has 2 heterocycles. The average Bonchev–Trinajstić information content (AvgIpc) is 3.47. The molecular weight excluding hydrogens is 663 g/mol. The first-order valence-electron chi connectivity index (χ1n) is 17.8. The topological polar surface area (TPSA) is 147 Å². The van der Waals surface area contributed by atoms with Gasteiger partial charge < -0.3 is 30.1 Å². The molecular formula is C37H53FN4O7S. The molecule has 3 N–H and O–H groups in total. The molecule has 4 rings (SSSR count). The number of hydrogen-bond acceptors (Lipinski definition) is 9. The predicted octanol–water partition coefficient (Wildman–Crippen LogP) is 5.40. The van der Waals surface area contributed by atoms with Gasteiger partial charge in [0.2, 0.25) is 11.8 Å². The lowest BCUT2D eigenvalue weighted by Gasteiger charge is -2.35. The molecule has 2 aromatic rings. The Labute approximate surface area is 298 Å². The van der Waals surface area contributed by atoms with Crippen molar-refractivity contribution in [3.05, 3.63) is 35.0 Å². The van der Waals surface area contributed by atoms with E-state index >= 15 is 0 Å². The number of thiazole rings is 1. The van der Waals surface area contributed by atoms with Crippen LogP contribution in [0.5, 0.6) is 5.75 Å². The number of benzene rings is 1. The zero-order valence-electron chi connectivity index (χ0n) is 30.0. The van der Waals surface area contributed by atoms with E-state index < -0.39 is 47.0 Å². The van der Waals surface area contributed by atoms with Crippen molar-refractivity contribution in [1.29, 1.82) is 0 Å². The number of amides is 3. The highest BCUT2D eigenvalue weighted by Gasteiger charge is 2.53. The highest BCUT2D eigenvalue weighted by molar-refractivity contribution is 7.13. The van der Waals surface area contributed by atoms with E-state index in [1.54, 1.807) is 26.3 Å². The van der Waals surface area contributed by atoms with Crippen LogP contribution in [0.1, 0.15) is 103 Å². The second kappa shape index (κ2) is 17.6. The van der Waals surface area contributed by atoms with Gasteiger partial charge in [-0.1, -0.05) is 58.6 Å². The minimum absolute atomic E-state index is 0.0468. The number of alkyl halides is 1. The summed E-state index contributed by atoms with van der Waals surface area (Å²) in [5, 5.41) is 16.1. The quantitative estimate of drug-likeness (QED) is 0.137. The lowest BCUT2D eigenvalue weighted by molar-refractivity contribution is -0.145. The molecule has 3 atom stereocenters. The molecule has 13 heteroatoms. The number of halogens is 1. The summed E-state index contributed by atoms with van der Waals surface area (Å²) in [6.45, 7) is 10.0. The first kappa shape index (κ1) is 39.2. The van der Waals surface area contributed by atoms with Gasteiger partial charge in [-0.15, -0.1) is 11.3 Å². The molecule has 0 spiro atoms. The van der Waals surface area contributed by atoms with E-state index in [4.69, 9.17) is 9.47 Å². The normalized spacial score (nSPS) is 18.7. The summed E-state index contributed by atoms with van der Waals surface area (Å²) in [6.07, 6.45) is 5.52. The molecule has 0 radical (unpaired) electrons. The monoisotopic (exact) mass is 716 g/mol.